The third-order valence-corrected chi connectivity index (χ3v) is 7.60. The molecule has 0 unspecified atom stereocenters. The average molecular weight is 126 g/mol. The van der Waals surface area contributed by atoms with E-state index in [1.165, 1.54) is 14.1 Å². The van der Waals surface area contributed by atoms with E-state index in [9.17, 15) is 0 Å². The fourth-order valence-corrected chi connectivity index (χ4v) is 3.31. The summed E-state index contributed by atoms with van der Waals surface area (Å²) in [6, 6.07) is 0. The number of rotatable bonds is 0. The molecule has 22 valence electrons. The SMILES string of the molecule is S=S1P=P1. The second-order valence-electron chi connectivity index (χ2n) is 0.394. The second kappa shape index (κ2) is 1.10. The van der Waals surface area contributed by atoms with Gasteiger partial charge in [0.05, 0.1) is 0 Å². The van der Waals surface area contributed by atoms with E-state index >= 15 is 0 Å². The van der Waals surface area contributed by atoms with Gasteiger partial charge in [0.25, 0.3) is 0 Å². The highest BCUT2D eigenvalue weighted by Crippen LogP contribution is 2.46. The van der Waals surface area contributed by atoms with Gasteiger partial charge in [0.15, 0.2) is 0 Å². The van der Waals surface area contributed by atoms with Gasteiger partial charge < -0.3 is 0 Å². The average Bonchev–Trinajstić information content (AvgIpc) is 1.75. The molecule has 1 rings (SSSR count). The monoisotopic (exact) mass is 126 g/mol. The maximum absolute atomic E-state index is 4.73. The van der Waals surface area contributed by atoms with Crippen LogP contribution in [0.3, 0.4) is 0 Å². The van der Waals surface area contributed by atoms with Crippen LogP contribution in [-0.2, 0) is 19.9 Å². The van der Waals surface area contributed by atoms with Crippen LogP contribution in [0.4, 0.5) is 0 Å². The first kappa shape index (κ1) is 3.36. The van der Waals surface area contributed by atoms with E-state index in [1.807, 2.05) is 0 Å². The lowest BCUT2D eigenvalue weighted by atomic mass is 30.3. The highest BCUT2D eigenvalue weighted by Gasteiger charge is 1.92. The molecular weight excluding hydrogens is 126 g/mol. The minimum atomic E-state index is 0.417. The van der Waals surface area contributed by atoms with Crippen LogP contribution in [0, 0.1) is 0 Å². The van der Waals surface area contributed by atoms with Crippen molar-refractivity contribution in [3.63, 3.8) is 0 Å². The smallest absolute Gasteiger partial charge is 0.0199 e. The molecule has 4 heavy (non-hydrogen) atoms. The van der Waals surface area contributed by atoms with E-state index in [1.54, 1.807) is 0 Å². The third-order valence-electron chi connectivity index (χ3n) is 0.148. The Morgan fingerprint density at radius 1 is 1.50 bits per heavy atom. The van der Waals surface area contributed by atoms with Crippen molar-refractivity contribution in [2.45, 2.75) is 0 Å². The van der Waals surface area contributed by atoms with Crippen LogP contribution < -0.4 is 0 Å². The van der Waals surface area contributed by atoms with E-state index in [4.69, 9.17) is 11.2 Å². The van der Waals surface area contributed by atoms with Crippen molar-refractivity contribution in [3.05, 3.63) is 0 Å². The normalized spacial score (nSPS) is 43.5. The minimum Gasteiger partial charge on any atom is -0.0322 e. The van der Waals surface area contributed by atoms with Gasteiger partial charge in [0.2, 0.25) is 0 Å². The van der Waals surface area contributed by atoms with Crippen LogP contribution in [0.25, 0.3) is 0 Å². The van der Waals surface area contributed by atoms with Gasteiger partial charge in [-0.05, 0) is 19.9 Å². The van der Waals surface area contributed by atoms with Gasteiger partial charge >= 0.3 is 0 Å². The van der Waals surface area contributed by atoms with Crippen molar-refractivity contribution < 1.29 is 0 Å². The molecular formula is P2S2. The minimum absolute atomic E-state index is 0.417. The third kappa shape index (κ3) is 0.858. The molecule has 0 aromatic heterocycles. The summed E-state index contributed by atoms with van der Waals surface area (Å²) in [4.78, 5) is 0. The van der Waals surface area contributed by atoms with Gasteiger partial charge in [-0.2, -0.15) is 0 Å². The molecule has 0 saturated carbocycles. The molecule has 0 radical (unpaired) electrons. The summed E-state index contributed by atoms with van der Waals surface area (Å²) in [5.41, 5.74) is 0. The van der Waals surface area contributed by atoms with Crippen molar-refractivity contribution in [2.24, 2.45) is 0 Å². The molecule has 4 heteroatoms. The Labute approximate surface area is 34.5 Å². The summed E-state index contributed by atoms with van der Waals surface area (Å²) in [5.74, 6) is 0. The van der Waals surface area contributed by atoms with Crippen LogP contribution in [-0.4, -0.2) is 0 Å². The molecule has 1 aliphatic rings. The maximum Gasteiger partial charge on any atom is 0.0199 e. The summed E-state index contributed by atoms with van der Waals surface area (Å²) >= 11 is 4.73. The topological polar surface area (TPSA) is 0 Å². The Kier molecular flexibility index (Phi) is 0.926. The van der Waals surface area contributed by atoms with E-state index in [0.717, 1.165) is 0 Å². The summed E-state index contributed by atoms with van der Waals surface area (Å²) < 4.78 is 0. The molecule has 0 spiro atoms. The summed E-state index contributed by atoms with van der Waals surface area (Å²) in [6.07, 6.45) is 0. The maximum atomic E-state index is 4.73. The molecule has 1 aliphatic heterocycles. The first-order valence-corrected chi connectivity index (χ1v) is 6.59. The standard InChI is InChI=1S/P2S2/c3-4-1-2-4. The zero-order valence-corrected chi connectivity index (χ0v) is 5.13. The molecule has 0 aromatic rings. The van der Waals surface area contributed by atoms with Gasteiger partial charge in [-0.1, -0.05) is 0 Å². The van der Waals surface area contributed by atoms with Crippen molar-refractivity contribution in [1.82, 2.24) is 0 Å². The molecule has 0 N–H and O–H groups in total. The first-order valence-electron chi connectivity index (χ1n) is 0.732. The lowest BCUT2D eigenvalue weighted by molar-refractivity contribution is 5.88. The van der Waals surface area contributed by atoms with Crippen LogP contribution in [0.15, 0.2) is 0 Å². The molecule has 0 atom stereocenters. The van der Waals surface area contributed by atoms with E-state index in [-0.39, 0.29) is 0 Å². The Morgan fingerprint density at radius 3 is 1.75 bits per heavy atom. The van der Waals surface area contributed by atoms with Crippen molar-refractivity contribution in [3.8, 4) is 0 Å². The predicted octanol–water partition coefficient (Wildman–Crippen LogP) is 1.72. The molecule has 1 heterocycles. The molecule has 0 bridgehead atoms. The Hall–Kier alpha value is 1.17. The van der Waals surface area contributed by atoms with E-state index in [2.05, 4.69) is 0 Å². The van der Waals surface area contributed by atoms with Gasteiger partial charge in [-0.3, -0.25) is 0 Å². The first-order chi connectivity index (χ1) is 1.89. The fraction of sp³-hybridized carbons (Fsp3) is 0. The van der Waals surface area contributed by atoms with Gasteiger partial charge in [0.1, 0.15) is 0 Å². The predicted molar refractivity (Wildman–Crippen MR) is 28.6 cm³/mol. The van der Waals surface area contributed by atoms with Crippen molar-refractivity contribution >= 4 is 34.0 Å². The zero-order valence-electron chi connectivity index (χ0n) is 1.71. The summed E-state index contributed by atoms with van der Waals surface area (Å²) in [5, 5.41) is 0. The molecule has 0 fully saturated rings. The second-order valence-corrected chi connectivity index (χ2v) is 10.6. The molecule has 0 saturated heterocycles. The van der Waals surface area contributed by atoms with Gasteiger partial charge in [-0.25, -0.2) is 0 Å². The summed E-state index contributed by atoms with van der Waals surface area (Å²) in [6.45, 7) is 0. The Bertz CT molecular complexity index is 64.1. The summed E-state index contributed by atoms with van der Waals surface area (Å²) in [7, 11) is 3.38. The lowest BCUT2D eigenvalue weighted by Crippen LogP contribution is -1.16. The van der Waals surface area contributed by atoms with Gasteiger partial charge in [-0.15, -0.1) is 0 Å². The van der Waals surface area contributed by atoms with Crippen LogP contribution >= 0.6 is 14.1 Å². The van der Waals surface area contributed by atoms with Crippen molar-refractivity contribution in [1.29, 1.82) is 0 Å². The fourth-order valence-electron chi connectivity index (χ4n) is 0.0136. The van der Waals surface area contributed by atoms with Crippen LogP contribution in [0.5, 0.6) is 0 Å². The highest BCUT2D eigenvalue weighted by molar-refractivity contribution is 9.06. The molecule has 0 aromatic carbocycles. The van der Waals surface area contributed by atoms with E-state index < -0.39 is 0 Å². The lowest BCUT2D eigenvalue weighted by Gasteiger charge is -1.35. The molecule has 0 nitrogen and oxygen atoms in total. The number of hydrogen-bond acceptors (Lipinski definition) is 1. The Balaban J connectivity index is 2.80. The van der Waals surface area contributed by atoms with Crippen molar-refractivity contribution in [2.75, 3.05) is 0 Å². The van der Waals surface area contributed by atoms with Crippen LogP contribution in [0.2, 0.25) is 0 Å². The number of hydrogen-bond donors (Lipinski definition) is 0. The quantitative estimate of drug-likeness (QED) is 0.445. The van der Waals surface area contributed by atoms with Gasteiger partial charge in [0, 0.05) is 14.1 Å². The molecule has 0 amide bonds. The van der Waals surface area contributed by atoms with Crippen LogP contribution in [0.1, 0.15) is 0 Å². The Morgan fingerprint density at radius 2 is 1.75 bits per heavy atom. The largest absolute Gasteiger partial charge is 0.0322 e. The molecule has 0 aliphatic carbocycles. The van der Waals surface area contributed by atoms with E-state index in [0.29, 0.717) is 8.69 Å². The zero-order chi connectivity index (χ0) is 2.99. The highest BCUT2D eigenvalue weighted by atomic mass is 33.5.